The molecule has 2 aromatic rings. The van der Waals surface area contributed by atoms with E-state index in [0.29, 0.717) is 6.54 Å². The second kappa shape index (κ2) is 6.18. The largest absolute Gasteiger partial charge is 0.347 e. The van der Waals surface area contributed by atoms with Crippen LogP contribution in [0.3, 0.4) is 0 Å². The van der Waals surface area contributed by atoms with Gasteiger partial charge in [-0.2, -0.15) is 0 Å². The number of carbonyl (C=O) groups excluding carboxylic acids is 1. The standard InChI is InChI=1S/C18H22N2O2/c1-13-10-15(16(21)19-18(2,3)4)17(22)20(11-13)12-14-8-6-5-7-9-14/h5-11H,12H2,1-4H3,(H,19,21). The molecule has 116 valence electrons. The van der Waals surface area contributed by atoms with Gasteiger partial charge in [0, 0.05) is 11.7 Å². The molecule has 0 aliphatic carbocycles. The smallest absolute Gasteiger partial charge is 0.263 e. The quantitative estimate of drug-likeness (QED) is 0.947. The Morgan fingerprint density at radius 3 is 2.41 bits per heavy atom. The number of hydrogen-bond donors (Lipinski definition) is 1. The molecule has 0 saturated carbocycles. The van der Waals surface area contributed by atoms with E-state index in [1.54, 1.807) is 16.8 Å². The maximum Gasteiger partial charge on any atom is 0.263 e. The molecular weight excluding hydrogens is 276 g/mol. The summed E-state index contributed by atoms with van der Waals surface area (Å²) in [6.07, 6.45) is 1.78. The van der Waals surface area contributed by atoms with E-state index in [-0.39, 0.29) is 22.6 Å². The van der Waals surface area contributed by atoms with Crippen LogP contribution >= 0.6 is 0 Å². The Labute approximate surface area is 130 Å². The van der Waals surface area contributed by atoms with Crippen molar-refractivity contribution >= 4 is 5.91 Å². The maximum atomic E-state index is 12.6. The molecule has 0 saturated heterocycles. The van der Waals surface area contributed by atoms with Crippen LogP contribution in [-0.2, 0) is 6.54 Å². The van der Waals surface area contributed by atoms with Gasteiger partial charge in [-0.05, 0) is 44.9 Å². The van der Waals surface area contributed by atoms with E-state index in [2.05, 4.69) is 5.32 Å². The number of aromatic nitrogens is 1. The molecule has 0 spiro atoms. The van der Waals surface area contributed by atoms with Gasteiger partial charge in [-0.25, -0.2) is 0 Å². The summed E-state index contributed by atoms with van der Waals surface area (Å²) in [7, 11) is 0. The van der Waals surface area contributed by atoms with Gasteiger partial charge in [-0.15, -0.1) is 0 Å². The number of rotatable bonds is 3. The third-order valence-corrected chi connectivity index (χ3v) is 3.15. The Balaban J connectivity index is 2.38. The molecule has 0 fully saturated rings. The molecule has 0 aliphatic heterocycles. The van der Waals surface area contributed by atoms with Crippen molar-refractivity contribution in [3.05, 3.63) is 69.6 Å². The number of benzene rings is 1. The normalized spacial score (nSPS) is 11.3. The van der Waals surface area contributed by atoms with Gasteiger partial charge in [0.25, 0.3) is 11.5 Å². The fourth-order valence-corrected chi connectivity index (χ4v) is 2.25. The number of carbonyl (C=O) groups is 1. The van der Waals surface area contributed by atoms with Gasteiger partial charge >= 0.3 is 0 Å². The first-order valence-corrected chi connectivity index (χ1v) is 7.34. The molecule has 0 bridgehead atoms. The Bertz CT molecular complexity index is 725. The lowest BCUT2D eigenvalue weighted by Crippen LogP contribution is -2.43. The van der Waals surface area contributed by atoms with Gasteiger partial charge in [0.1, 0.15) is 5.56 Å². The zero-order chi connectivity index (χ0) is 16.3. The number of nitrogens with zero attached hydrogens (tertiary/aromatic N) is 1. The average molecular weight is 298 g/mol. The summed E-state index contributed by atoms with van der Waals surface area (Å²) in [4.78, 5) is 24.9. The van der Waals surface area contributed by atoms with Crippen LogP contribution in [0.1, 0.15) is 42.3 Å². The third-order valence-electron chi connectivity index (χ3n) is 3.15. The SMILES string of the molecule is Cc1cc(C(=O)NC(C)(C)C)c(=O)n(Cc2ccccc2)c1. The topological polar surface area (TPSA) is 51.1 Å². The molecule has 0 unspecified atom stereocenters. The van der Waals surface area contributed by atoms with E-state index in [9.17, 15) is 9.59 Å². The van der Waals surface area contributed by atoms with E-state index >= 15 is 0 Å². The van der Waals surface area contributed by atoms with Crippen LogP contribution in [0.15, 0.2) is 47.4 Å². The first-order valence-electron chi connectivity index (χ1n) is 7.34. The summed E-state index contributed by atoms with van der Waals surface area (Å²) < 4.78 is 1.59. The zero-order valence-electron chi connectivity index (χ0n) is 13.5. The van der Waals surface area contributed by atoms with Crippen molar-refractivity contribution < 1.29 is 4.79 Å². The zero-order valence-corrected chi connectivity index (χ0v) is 13.5. The third kappa shape index (κ3) is 4.07. The van der Waals surface area contributed by atoms with Gasteiger partial charge in [-0.1, -0.05) is 30.3 Å². The molecule has 1 heterocycles. The highest BCUT2D eigenvalue weighted by atomic mass is 16.2. The lowest BCUT2D eigenvalue weighted by molar-refractivity contribution is 0.0917. The Morgan fingerprint density at radius 1 is 1.18 bits per heavy atom. The number of nitrogens with one attached hydrogen (secondary N) is 1. The molecule has 4 heteroatoms. The fraction of sp³-hybridized carbons (Fsp3) is 0.333. The number of aryl methyl sites for hydroxylation is 1. The lowest BCUT2D eigenvalue weighted by Gasteiger charge is -2.20. The monoisotopic (exact) mass is 298 g/mol. The highest BCUT2D eigenvalue weighted by Gasteiger charge is 2.19. The first-order chi connectivity index (χ1) is 10.3. The van der Waals surface area contributed by atoms with Gasteiger partial charge < -0.3 is 9.88 Å². The lowest BCUT2D eigenvalue weighted by atomic mass is 10.1. The molecule has 0 radical (unpaired) electrons. The van der Waals surface area contributed by atoms with Crippen molar-refractivity contribution in [1.82, 2.24) is 9.88 Å². The van der Waals surface area contributed by atoms with Crippen molar-refractivity contribution in [1.29, 1.82) is 0 Å². The van der Waals surface area contributed by atoms with E-state index in [0.717, 1.165) is 11.1 Å². The minimum Gasteiger partial charge on any atom is -0.347 e. The summed E-state index contributed by atoms with van der Waals surface area (Å²) in [5.41, 5.74) is 1.45. The Morgan fingerprint density at radius 2 is 1.82 bits per heavy atom. The first kappa shape index (κ1) is 16.0. The van der Waals surface area contributed by atoms with Crippen molar-refractivity contribution in [2.75, 3.05) is 0 Å². The minimum absolute atomic E-state index is 0.186. The van der Waals surface area contributed by atoms with Crippen molar-refractivity contribution in [3.8, 4) is 0 Å². The van der Waals surface area contributed by atoms with Gasteiger partial charge in [0.05, 0.1) is 6.54 Å². The predicted octanol–water partition coefficient (Wildman–Crippen LogP) is 2.73. The molecule has 1 N–H and O–H groups in total. The van der Waals surface area contributed by atoms with E-state index in [4.69, 9.17) is 0 Å². The summed E-state index contributed by atoms with van der Waals surface area (Å²) in [5.74, 6) is -0.331. The van der Waals surface area contributed by atoms with Gasteiger partial charge in [0.2, 0.25) is 0 Å². The maximum absolute atomic E-state index is 12.6. The molecule has 22 heavy (non-hydrogen) atoms. The summed E-state index contributed by atoms with van der Waals surface area (Å²) in [6.45, 7) is 8.02. The number of hydrogen-bond acceptors (Lipinski definition) is 2. The van der Waals surface area contributed by atoms with Crippen LogP contribution in [0.4, 0.5) is 0 Å². The summed E-state index contributed by atoms with van der Waals surface area (Å²) in [6, 6.07) is 11.4. The second-order valence-corrected chi connectivity index (χ2v) is 6.55. The van der Waals surface area contributed by atoms with E-state index < -0.39 is 0 Å². The van der Waals surface area contributed by atoms with Crippen LogP contribution in [-0.4, -0.2) is 16.0 Å². The molecule has 2 rings (SSSR count). The fourth-order valence-electron chi connectivity index (χ4n) is 2.25. The Kier molecular flexibility index (Phi) is 4.50. The van der Waals surface area contributed by atoms with Gasteiger partial charge in [-0.3, -0.25) is 9.59 Å². The molecule has 1 amide bonds. The van der Waals surface area contributed by atoms with Crippen LogP contribution in [0.5, 0.6) is 0 Å². The van der Waals surface area contributed by atoms with Crippen molar-refractivity contribution in [3.63, 3.8) is 0 Å². The van der Waals surface area contributed by atoms with Crippen molar-refractivity contribution in [2.45, 2.75) is 39.8 Å². The molecule has 4 nitrogen and oxygen atoms in total. The summed E-state index contributed by atoms with van der Waals surface area (Å²) in [5, 5.41) is 2.84. The van der Waals surface area contributed by atoms with Crippen LogP contribution in [0, 0.1) is 6.92 Å². The highest BCUT2D eigenvalue weighted by Crippen LogP contribution is 2.06. The average Bonchev–Trinajstić information content (AvgIpc) is 2.41. The van der Waals surface area contributed by atoms with Crippen LogP contribution < -0.4 is 10.9 Å². The minimum atomic E-state index is -0.377. The van der Waals surface area contributed by atoms with Crippen molar-refractivity contribution in [2.24, 2.45) is 0 Å². The molecular formula is C18H22N2O2. The predicted molar refractivity (Wildman–Crippen MR) is 88.2 cm³/mol. The molecule has 0 aliphatic rings. The number of pyridine rings is 1. The van der Waals surface area contributed by atoms with E-state index in [1.165, 1.54) is 0 Å². The van der Waals surface area contributed by atoms with Crippen LogP contribution in [0.25, 0.3) is 0 Å². The molecule has 1 aromatic heterocycles. The van der Waals surface area contributed by atoms with Crippen LogP contribution in [0.2, 0.25) is 0 Å². The van der Waals surface area contributed by atoms with Gasteiger partial charge in [0.15, 0.2) is 0 Å². The Hall–Kier alpha value is -2.36. The summed E-state index contributed by atoms with van der Waals surface area (Å²) >= 11 is 0. The highest BCUT2D eigenvalue weighted by molar-refractivity contribution is 5.94. The molecule has 0 atom stereocenters. The van der Waals surface area contributed by atoms with E-state index in [1.807, 2.05) is 58.0 Å². The number of amides is 1. The molecule has 1 aromatic carbocycles. The second-order valence-electron chi connectivity index (χ2n) is 6.55.